The number of hydrogen-bond donors (Lipinski definition) is 2. The van der Waals surface area contributed by atoms with Gasteiger partial charge < -0.3 is 29.6 Å². The molecule has 0 aliphatic carbocycles. The summed E-state index contributed by atoms with van der Waals surface area (Å²) in [6.07, 6.45) is 0. The van der Waals surface area contributed by atoms with Gasteiger partial charge in [-0.25, -0.2) is 0 Å². The van der Waals surface area contributed by atoms with Crippen molar-refractivity contribution >= 4 is 32.9 Å². The third-order valence-corrected chi connectivity index (χ3v) is 8.08. The smallest absolute Gasteiger partial charge is 0.166 e. The van der Waals surface area contributed by atoms with Crippen molar-refractivity contribution < 1.29 is 18.9 Å². The fourth-order valence-electron chi connectivity index (χ4n) is 5.96. The van der Waals surface area contributed by atoms with E-state index in [4.69, 9.17) is 18.9 Å². The van der Waals surface area contributed by atoms with Crippen molar-refractivity contribution in [1.82, 2.24) is 0 Å². The molecule has 0 bridgehead atoms. The molecule has 0 saturated carbocycles. The van der Waals surface area contributed by atoms with Crippen LogP contribution in [0.3, 0.4) is 0 Å². The summed E-state index contributed by atoms with van der Waals surface area (Å²) in [7, 11) is 6.69. The van der Waals surface area contributed by atoms with E-state index in [-0.39, 0.29) is 0 Å². The third-order valence-electron chi connectivity index (χ3n) is 8.08. The first-order valence-electron chi connectivity index (χ1n) is 14.6. The lowest BCUT2D eigenvalue weighted by Gasteiger charge is -2.23. The highest BCUT2D eigenvalue weighted by Crippen LogP contribution is 2.44. The summed E-state index contributed by atoms with van der Waals surface area (Å²) < 4.78 is 23.5. The van der Waals surface area contributed by atoms with Gasteiger partial charge in [0.25, 0.3) is 0 Å². The van der Waals surface area contributed by atoms with Crippen LogP contribution in [0.15, 0.2) is 109 Å². The zero-order chi connectivity index (χ0) is 30.5. The summed E-state index contributed by atoms with van der Waals surface area (Å²) in [6.45, 7) is 1.02. The number of nitrogens with one attached hydrogen (secondary N) is 2. The number of ether oxygens (including phenoxy) is 4. The summed E-state index contributed by atoms with van der Waals surface area (Å²) >= 11 is 0. The normalized spacial score (nSPS) is 10.9. The molecular formula is C38H36N2O4. The molecule has 0 fully saturated rings. The van der Waals surface area contributed by atoms with Crippen LogP contribution in [0.1, 0.15) is 11.1 Å². The van der Waals surface area contributed by atoms with E-state index in [1.165, 1.54) is 10.8 Å². The topological polar surface area (TPSA) is 61.0 Å². The first-order chi connectivity index (χ1) is 21.7. The number of fused-ring (bicyclic) bond motifs is 2. The fourth-order valence-corrected chi connectivity index (χ4v) is 5.96. The van der Waals surface area contributed by atoms with Gasteiger partial charge >= 0.3 is 0 Å². The summed E-state index contributed by atoms with van der Waals surface area (Å²) in [5, 5.41) is 12.0. The van der Waals surface area contributed by atoms with Crippen LogP contribution < -0.4 is 29.6 Å². The second-order valence-corrected chi connectivity index (χ2v) is 10.4. The Hall–Kier alpha value is -5.36. The lowest BCUT2D eigenvalue weighted by Crippen LogP contribution is -2.09. The lowest BCUT2D eigenvalue weighted by atomic mass is 9.93. The minimum absolute atomic E-state index is 0.508. The quantitative estimate of drug-likeness (QED) is 0.159. The largest absolute Gasteiger partial charge is 0.493 e. The minimum Gasteiger partial charge on any atom is -0.493 e. The molecule has 6 aromatic rings. The van der Waals surface area contributed by atoms with Gasteiger partial charge in [0, 0.05) is 46.4 Å². The zero-order valence-electron chi connectivity index (χ0n) is 25.4. The summed E-state index contributed by atoms with van der Waals surface area (Å²) in [5.74, 6) is 2.70. The molecule has 0 amide bonds. The fraction of sp³-hybridized carbons (Fsp3) is 0.158. The maximum atomic E-state index is 5.99. The Morgan fingerprint density at radius 2 is 0.841 bits per heavy atom. The first kappa shape index (κ1) is 28.7. The Labute approximate surface area is 258 Å². The molecule has 6 aromatic carbocycles. The molecule has 2 N–H and O–H groups in total. The highest BCUT2D eigenvalue weighted by Gasteiger charge is 2.22. The van der Waals surface area contributed by atoms with E-state index in [9.17, 15) is 0 Å². The van der Waals surface area contributed by atoms with Crippen LogP contribution in [0, 0.1) is 0 Å². The van der Waals surface area contributed by atoms with Crippen molar-refractivity contribution in [2.75, 3.05) is 39.1 Å². The van der Waals surface area contributed by atoms with Gasteiger partial charge in [0.1, 0.15) is 0 Å². The summed E-state index contributed by atoms with van der Waals surface area (Å²) in [6, 6.07) is 37.4. The molecule has 0 heterocycles. The molecule has 6 heteroatoms. The predicted molar refractivity (Wildman–Crippen MR) is 181 cm³/mol. The molecule has 0 atom stereocenters. The second-order valence-electron chi connectivity index (χ2n) is 10.4. The molecule has 0 aliphatic heterocycles. The van der Waals surface area contributed by atoms with Crippen LogP contribution in [0.25, 0.3) is 32.7 Å². The van der Waals surface area contributed by atoms with E-state index in [0.29, 0.717) is 36.1 Å². The van der Waals surface area contributed by atoms with Gasteiger partial charge in [-0.2, -0.15) is 0 Å². The van der Waals surface area contributed by atoms with Crippen LogP contribution in [-0.4, -0.2) is 28.4 Å². The van der Waals surface area contributed by atoms with Gasteiger partial charge in [0.2, 0.25) is 0 Å². The molecule has 6 rings (SSSR count). The monoisotopic (exact) mass is 584 g/mol. The van der Waals surface area contributed by atoms with Crippen molar-refractivity contribution in [3.63, 3.8) is 0 Å². The molecule has 6 nitrogen and oxygen atoms in total. The molecule has 0 radical (unpaired) electrons. The summed E-state index contributed by atoms with van der Waals surface area (Å²) in [4.78, 5) is 0. The van der Waals surface area contributed by atoms with Crippen LogP contribution in [0.2, 0.25) is 0 Å². The molecule has 44 heavy (non-hydrogen) atoms. The number of hydrogen-bond acceptors (Lipinski definition) is 6. The third kappa shape index (κ3) is 5.42. The average Bonchev–Trinajstić information content (AvgIpc) is 3.08. The predicted octanol–water partition coefficient (Wildman–Crippen LogP) is 8.92. The standard InChI is InChI=1S/C38H36N2O4/c1-41-35-21-19-29(31(37(35)43-3)23-39-33-17-9-13-25-11-5-7-15-27(25)33)30-20-22-36(42-2)38(44-4)32(30)24-40-34-18-10-14-26-12-6-8-16-28(26)34/h5-22,39-40H,23-24H2,1-4H3. The molecule has 222 valence electrons. The maximum Gasteiger partial charge on any atom is 0.166 e. The van der Waals surface area contributed by atoms with Gasteiger partial charge in [0.15, 0.2) is 23.0 Å². The van der Waals surface area contributed by atoms with Gasteiger partial charge in [-0.05, 0) is 46.2 Å². The Bertz CT molecular complexity index is 1780. The van der Waals surface area contributed by atoms with Gasteiger partial charge in [-0.3, -0.25) is 0 Å². The highest BCUT2D eigenvalue weighted by molar-refractivity contribution is 5.95. The molecule has 0 aromatic heterocycles. The van der Waals surface area contributed by atoms with E-state index < -0.39 is 0 Å². The lowest BCUT2D eigenvalue weighted by molar-refractivity contribution is 0.351. The number of methoxy groups -OCH3 is 4. The zero-order valence-corrected chi connectivity index (χ0v) is 25.4. The van der Waals surface area contributed by atoms with Crippen LogP contribution >= 0.6 is 0 Å². The van der Waals surface area contributed by atoms with E-state index in [1.807, 2.05) is 12.1 Å². The Morgan fingerprint density at radius 1 is 0.432 bits per heavy atom. The highest BCUT2D eigenvalue weighted by atomic mass is 16.5. The van der Waals surface area contributed by atoms with E-state index in [1.54, 1.807) is 28.4 Å². The first-order valence-corrected chi connectivity index (χ1v) is 14.6. The van der Waals surface area contributed by atoms with Crippen LogP contribution in [0.4, 0.5) is 11.4 Å². The van der Waals surface area contributed by atoms with Crippen molar-refractivity contribution in [2.45, 2.75) is 13.1 Å². The maximum absolute atomic E-state index is 5.99. The van der Waals surface area contributed by atoms with E-state index in [2.05, 4.69) is 108 Å². The van der Waals surface area contributed by atoms with Crippen molar-refractivity contribution in [3.8, 4) is 34.1 Å². The van der Waals surface area contributed by atoms with Crippen molar-refractivity contribution in [3.05, 3.63) is 120 Å². The van der Waals surface area contributed by atoms with Crippen LogP contribution in [0.5, 0.6) is 23.0 Å². The average molecular weight is 585 g/mol. The molecule has 0 unspecified atom stereocenters. The molecule has 0 spiro atoms. The van der Waals surface area contributed by atoms with Crippen molar-refractivity contribution in [1.29, 1.82) is 0 Å². The van der Waals surface area contributed by atoms with E-state index >= 15 is 0 Å². The summed E-state index contributed by atoms with van der Waals surface area (Å²) in [5.41, 5.74) is 6.04. The number of rotatable bonds is 11. The van der Waals surface area contributed by atoms with Gasteiger partial charge in [0.05, 0.1) is 28.4 Å². The molecule has 0 aliphatic rings. The van der Waals surface area contributed by atoms with Crippen molar-refractivity contribution in [2.24, 2.45) is 0 Å². The Balaban J connectivity index is 1.46. The minimum atomic E-state index is 0.508. The molecular weight excluding hydrogens is 548 g/mol. The Kier molecular flexibility index (Phi) is 8.41. The number of anilines is 2. The second kappa shape index (κ2) is 12.9. The Morgan fingerprint density at radius 3 is 1.25 bits per heavy atom. The number of benzene rings is 6. The van der Waals surface area contributed by atoms with Crippen LogP contribution in [-0.2, 0) is 13.1 Å². The van der Waals surface area contributed by atoms with E-state index in [0.717, 1.165) is 44.4 Å². The molecule has 0 saturated heterocycles. The van der Waals surface area contributed by atoms with Gasteiger partial charge in [-0.1, -0.05) is 84.9 Å². The van der Waals surface area contributed by atoms with Gasteiger partial charge in [-0.15, -0.1) is 0 Å². The SMILES string of the molecule is COc1ccc(-c2ccc(OC)c(OC)c2CNc2cccc3ccccc23)c(CNc2cccc3ccccc23)c1OC.